The molecule has 0 aliphatic carbocycles. The molecule has 2 aromatic rings. The van der Waals surface area contributed by atoms with E-state index in [0.717, 1.165) is 51.1 Å². The van der Waals surface area contributed by atoms with Crippen LogP contribution in [0, 0.1) is 0 Å². The molecule has 2 aromatic carbocycles. The van der Waals surface area contributed by atoms with E-state index < -0.39 is 6.09 Å². The Balaban J connectivity index is 1.45. The fourth-order valence-corrected chi connectivity index (χ4v) is 3.51. The number of carbonyl (C=O) groups is 2. The molecule has 0 bridgehead atoms. The summed E-state index contributed by atoms with van der Waals surface area (Å²) in [6, 6.07) is 17.6. The number of hydrogen-bond donors (Lipinski definition) is 1. The number of hydrogen-bond acceptors (Lipinski definition) is 4. The predicted octanol–water partition coefficient (Wildman–Crippen LogP) is 3.46. The van der Waals surface area contributed by atoms with Crippen molar-refractivity contribution in [3.63, 3.8) is 0 Å². The zero-order valence-electron chi connectivity index (χ0n) is 17.7. The number of piperazine rings is 1. The molecule has 1 saturated heterocycles. The quantitative estimate of drug-likeness (QED) is 0.679. The van der Waals surface area contributed by atoms with Gasteiger partial charge >= 0.3 is 6.09 Å². The number of carbonyl (C=O) groups excluding carboxylic acids is 2. The van der Waals surface area contributed by atoms with E-state index in [0.29, 0.717) is 18.7 Å². The van der Waals surface area contributed by atoms with Crippen LogP contribution in [0.4, 0.5) is 4.79 Å². The van der Waals surface area contributed by atoms with Crippen molar-refractivity contribution >= 4 is 12.0 Å². The number of unbranched alkanes of at least 4 members (excludes halogenated alkanes) is 1. The van der Waals surface area contributed by atoms with Gasteiger partial charge in [-0.2, -0.15) is 0 Å². The summed E-state index contributed by atoms with van der Waals surface area (Å²) >= 11 is 0. The van der Waals surface area contributed by atoms with Crippen LogP contribution in [-0.4, -0.2) is 54.5 Å². The lowest BCUT2D eigenvalue weighted by molar-refractivity contribution is -0.132. The largest absolute Gasteiger partial charge is 0.412 e. The molecule has 30 heavy (non-hydrogen) atoms. The lowest BCUT2D eigenvalue weighted by atomic mass is 10.1. The Hall–Kier alpha value is -2.86. The standard InChI is InChI=1S/C24H31N3O3/c1-2-3-12-25-24(29)30-22-11-7-10-21(17-22)18-23(28)27-15-13-26(14-16-27)19-20-8-5-4-6-9-20/h4-11,17H,2-3,12-16,18-19H2,1H3,(H,25,29). The summed E-state index contributed by atoms with van der Waals surface area (Å²) in [5.74, 6) is 0.570. The maximum absolute atomic E-state index is 12.7. The van der Waals surface area contributed by atoms with Gasteiger partial charge in [0.05, 0.1) is 6.42 Å². The van der Waals surface area contributed by atoms with Crippen molar-refractivity contribution in [2.45, 2.75) is 32.7 Å². The summed E-state index contributed by atoms with van der Waals surface area (Å²) in [6.07, 6.45) is 1.79. The topological polar surface area (TPSA) is 61.9 Å². The normalized spacial score (nSPS) is 14.4. The van der Waals surface area contributed by atoms with Crippen molar-refractivity contribution in [3.05, 3.63) is 65.7 Å². The first-order valence-corrected chi connectivity index (χ1v) is 10.7. The van der Waals surface area contributed by atoms with Crippen molar-refractivity contribution in [3.8, 4) is 5.75 Å². The van der Waals surface area contributed by atoms with Gasteiger partial charge < -0.3 is 15.0 Å². The SMILES string of the molecule is CCCCNC(=O)Oc1cccc(CC(=O)N2CCN(Cc3ccccc3)CC2)c1. The summed E-state index contributed by atoms with van der Waals surface area (Å²) in [6.45, 7) is 6.82. The van der Waals surface area contributed by atoms with Crippen LogP contribution >= 0.6 is 0 Å². The fourth-order valence-electron chi connectivity index (χ4n) is 3.51. The fraction of sp³-hybridized carbons (Fsp3) is 0.417. The molecule has 0 saturated carbocycles. The van der Waals surface area contributed by atoms with Crippen molar-refractivity contribution in [2.75, 3.05) is 32.7 Å². The van der Waals surface area contributed by atoms with Crippen LogP contribution in [0.1, 0.15) is 30.9 Å². The third-order valence-electron chi connectivity index (χ3n) is 5.24. The third kappa shape index (κ3) is 6.88. The van der Waals surface area contributed by atoms with Crippen LogP contribution in [0.3, 0.4) is 0 Å². The second-order valence-electron chi connectivity index (χ2n) is 7.64. The molecule has 0 spiro atoms. The van der Waals surface area contributed by atoms with Gasteiger partial charge in [0.1, 0.15) is 5.75 Å². The second kappa shape index (κ2) is 11.4. The van der Waals surface area contributed by atoms with Crippen molar-refractivity contribution in [1.82, 2.24) is 15.1 Å². The van der Waals surface area contributed by atoms with E-state index >= 15 is 0 Å². The van der Waals surface area contributed by atoms with Gasteiger partial charge in [-0.15, -0.1) is 0 Å². The zero-order chi connectivity index (χ0) is 21.2. The Morgan fingerprint density at radius 3 is 2.43 bits per heavy atom. The van der Waals surface area contributed by atoms with Crippen LogP contribution in [-0.2, 0) is 17.8 Å². The molecular formula is C24H31N3O3. The Bertz CT molecular complexity index is 817. The molecule has 0 radical (unpaired) electrons. The van der Waals surface area contributed by atoms with E-state index in [1.165, 1.54) is 5.56 Å². The van der Waals surface area contributed by atoms with E-state index in [4.69, 9.17) is 4.74 Å². The molecular weight excluding hydrogens is 378 g/mol. The predicted molar refractivity (Wildman–Crippen MR) is 117 cm³/mol. The number of nitrogens with one attached hydrogen (secondary N) is 1. The Morgan fingerprint density at radius 1 is 0.967 bits per heavy atom. The smallest absolute Gasteiger partial charge is 0.410 e. The minimum Gasteiger partial charge on any atom is -0.410 e. The van der Waals surface area contributed by atoms with Gasteiger partial charge in [0, 0.05) is 39.3 Å². The molecule has 1 aliphatic rings. The molecule has 1 aliphatic heterocycles. The number of amides is 2. The molecule has 0 atom stereocenters. The molecule has 160 valence electrons. The maximum atomic E-state index is 12.7. The van der Waals surface area contributed by atoms with Crippen molar-refractivity contribution in [1.29, 1.82) is 0 Å². The Labute approximate surface area is 178 Å². The first-order chi connectivity index (χ1) is 14.6. The maximum Gasteiger partial charge on any atom is 0.412 e. The number of benzene rings is 2. The van der Waals surface area contributed by atoms with E-state index in [-0.39, 0.29) is 5.91 Å². The van der Waals surface area contributed by atoms with Crippen LogP contribution in [0.2, 0.25) is 0 Å². The van der Waals surface area contributed by atoms with Gasteiger partial charge in [-0.25, -0.2) is 4.79 Å². The van der Waals surface area contributed by atoms with Gasteiger partial charge in [0.15, 0.2) is 0 Å². The summed E-state index contributed by atoms with van der Waals surface area (Å²) < 4.78 is 5.32. The average Bonchev–Trinajstić information content (AvgIpc) is 2.75. The van der Waals surface area contributed by atoms with Crippen LogP contribution in [0.5, 0.6) is 5.75 Å². The molecule has 2 amide bonds. The molecule has 1 fully saturated rings. The van der Waals surface area contributed by atoms with E-state index in [1.807, 2.05) is 23.1 Å². The van der Waals surface area contributed by atoms with Crippen LogP contribution in [0.25, 0.3) is 0 Å². The second-order valence-corrected chi connectivity index (χ2v) is 7.64. The lowest BCUT2D eigenvalue weighted by Crippen LogP contribution is -2.48. The molecule has 0 aromatic heterocycles. The highest BCUT2D eigenvalue weighted by Gasteiger charge is 2.21. The highest BCUT2D eigenvalue weighted by Crippen LogP contribution is 2.16. The number of nitrogens with zero attached hydrogens (tertiary/aromatic N) is 2. The van der Waals surface area contributed by atoms with Crippen LogP contribution in [0.15, 0.2) is 54.6 Å². The first-order valence-electron chi connectivity index (χ1n) is 10.7. The van der Waals surface area contributed by atoms with E-state index in [1.54, 1.807) is 12.1 Å². The van der Waals surface area contributed by atoms with Crippen LogP contribution < -0.4 is 10.1 Å². The lowest BCUT2D eigenvalue weighted by Gasteiger charge is -2.34. The highest BCUT2D eigenvalue weighted by molar-refractivity contribution is 5.79. The zero-order valence-corrected chi connectivity index (χ0v) is 17.7. The molecule has 1 N–H and O–H groups in total. The van der Waals surface area contributed by atoms with Gasteiger partial charge in [-0.3, -0.25) is 9.69 Å². The number of ether oxygens (including phenoxy) is 1. The molecule has 3 rings (SSSR count). The summed E-state index contributed by atoms with van der Waals surface area (Å²) in [7, 11) is 0. The van der Waals surface area contributed by atoms with E-state index in [2.05, 4.69) is 41.4 Å². The number of rotatable bonds is 8. The summed E-state index contributed by atoms with van der Waals surface area (Å²) in [5.41, 5.74) is 2.15. The molecule has 6 nitrogen and oxygen atoms in total. The summed E-state index contributed by atoms with van der Waals surface area (Å²) in [4.78, 5) is 28.8. The minimum absolute atomic E-state index is 0.110. The van der Waals surface area contributed by atoms with Crippen molar-refractivity contribution < 1.29 is 14.3 Å². The first kappa shape index (κ1) is 21.8. The van der Waals surface area contributed by atoms with Gasteiger partial charge in [0.25, 0.3) is 0 Å². The average molecular weight is 410 g/mol. The van der Waals surface area contributed by atoms with Gasteiger partial charge in [0.2, 0.25) is 5.91 Å². The van der Waals surface area contributed by atoms with Gasteiger partial charge in [-0.1, -0.05) is 55.8 Å². The highest BCUT2D eigenvalue weighted by atomic mass is 16.6. The minimum atomic E-state index is -0.457. The van der Waals surface area contributed by atoms with Crippen molar-refractivity contribution in [2.24, 2.45) is 0 Å². The third-order valence-corrected chi connectivity index (χ3v) is 5.24. The molecule has 6 heteroatoms. The van der Waals surface area contributed by atoms with Gasteiger partial charge in [-0.05, 0) is 29.7 Å². The summed E-state index contributed by atoms with van der Waals surface area (Å²) in [5, 5.41) is 2.72. The molecule has 0 unspecified atom stereocenters. The van der Waals surface area contributed by atoms with E-state index in [9.17, 15) is 9.59 Å². The molecule has 1 heterocycles. The Morgan fingerprint density at radius 2 is 1.70 bits per heavy atom. The monoisotopic (exact) mass is 409 g/mol. The Kier molecular flexibility index (Phi) is 8.27.